The van der Waals surface area contributed by atoms with E-state index in [1.165, 1.54) is 0 Å². The number of amides is 1. The van der Waals surface area contributed by atoms with Gasteiger partial charge in [0.1, 0.15) is 5.54 Å². The average molecular weight is 364 g/mol. The maximum Gasteiger partial charge on any atom is 0.240 e. The Morgan fingerprint density at radius 3 is 2.62 bits per heavy atom. The highest BCUT2D eigenvalue weighted by Crippen LogP contribution is 2.38. The van der Waals surface area contributed by atoms with E-state index in [-0.39, 0.29) is 11.9 Å². The maximum absolute atomic E-state index is 12.7. The number of carbonyl (C=O) groups is 1. The lowest BCUT2D eigenvalue weighted by Gasteiger charge is -2.28. The van der Waals surface area contributed by atoms with E-state index in [2.05, 4.69) is 34.2 Å². The Morgan fingerprint density at radius 1 is 1.27 bits per heavy atom. The van der Waals surface area contributed by atoms with Gasteiger partial charge in [-0.15, -0.1) is 0 Å². The van der Waals surface area contributed by atoms with Crippen molar-refractivity contribution in [1.82, 2.24) is 20.4 Å². The second-order valence-electron chi connectivity index (χ2n) is 7.87. The van der Waals surface area contributed by atoms with E-state index in [0.717, 1.165) is 58.0 Å². The summed E-state index contributed by atoms with van der Waals surface area (Å²) in [7, 11) is 0. The van der Waals surface area contributed by atoms with Crippen LogP contribution in [-0.2, 0) is 16.9 Å². The Bertz CT molecular complexity index is 593. The zero-order valence-electron chi connectivity index (χ0n) is 16.2. The van der Waals surface area contributed by atoms with Gasteiger partial charge in [0.15, 0.2) is 5.82 Å². The summed E-state index contributed by atoms with van der Waals surface area (Å²) in [4.78, 5) is 19.6. The fourth-order valence-corrected chi connectivity index (χ4v) is 4.41. The number of rotatable bonds is 8. The Balaban J connectivity index is 1.67. The second-order valence-corrected chi connectivity index (χ2v) is 7.87. The summed E-state index contributed by atoms with van der Waals surface area (Å²) in [6.07, 6.45) is 7.61. The fraction of sp³-hybridized carbons (Fsp3) is 0.842. The van der Waals surface area contributed by atoms with Gasteiger partial charge in [-0.2, -0.15) is 4.98 Å². The van der Waals surface area contributed by atoms with Crippen LogP contribution in [0, 0.1) is 5.92 Å². The third-order valence-electron chi connectivity index (χ3n) is 6.15. The SMILES string of the molecule is CCN(CC)Cc1nc(C2(NC(=O)C[C@@H]3CCC[C@H]3N)CCCC2)no1. The van der Waals surface area contributed by atoms with Crippen LogP contribution in [0.3, 0.4) is 0 Å². The predicted octanol–water partition coefficient (Wildman–Crippen LogP) is 2.31. The molecule has 0 aromatic carbocycles. The van der Waals surface area contributed by atoms with Crippen molar-refractivity contribution in [3.63, 3.8) is 0 Å². The minimum absolute atomic E-state index is 0.0735. The van der Waals surface area contributed by atoms with Crippen LogP contribution in [0.1, 0.15) is 76.9 Å². The first-order valence-corrected chi connectivity index (χ1v) is 10.2. The first-order chi connectivity index (χ1) is 12.6. The van der Waals surface area contributed by atoms with E-state index in [4.69, 9.17) is 10.3 Å². The summed E-state index contributed by atoms with van der Waals surface area (Å²) in [6, 6.07) is 0.158. The fourth-order valence-electron chi connectivity index (χ4n) is 4.41. The normalized spacial score (nSPS) is 25.1. The number of nitrogens with zero attached hydrogens (tertiary/aromatic N) is 3. The van der Waals surface area contributed by atoms with E-state index in [1.54, 1.807) is 0 Å². The van der Waals surface area contributed by atoms with Crippen LogP contribution < -0.4 is 11.1 Å². The van der Waals surface area contributed by atoms with Gasteiger partial charge in [0, 0.05) is 12.5 Å². The molecule has 3 rings (SSSR count). The summed E-state index contributed by atoms with van der Waals surface area (Å²) in [5.74, 6) is 1.64. The molecule has 1 aromatic heterocycles. The standard InChI is InChI=1S/C19H33N5O2/c1-3-24(4-2)13-17-21-18(23-26-17)19(10-5-6-11-19)22-16(25)12-14-8-7-9-15(14)20/h14-15H,3-13,20H2,1-2H3,(H,22,25)/t14-,15+/m0/s1. The molecule has 2 saturated carbocycles. The molecule has 2 atom stereocenters. The Morgan fingerprint density at radius 2 is 2.00 bits per heavy atom. The van der Waals surface area contributed by atoms with Crippen molar-refractivity contribution in [3.05, 3.63) is 11.7 Å². The molecule has 7 heteroatoms. The van der Waals surface area contributed by atoms with E-state index in [0.29, 0.717) is 30.6 Å². The lowest BCUT2D eigenvalue weighted by atomic mass is 9.94. The first-order valence-electron chi connectivity index (χ1n) is 10.2. The van der Waals surface area contributed by atoms with Crippen LogP contribution in [0.5, 0.6) is 0 Å². The molecule has 0 unspecified atom stereocenters. The van der Waals surface area contributed by atoms with Crippen molar-refractivity contribution in [3.8, 4) is 0 Å². The third kappa shape index (κ3) is 4.26. The molecular weight excluding hydrogens is 330 g/mol. The van der Waals surface area contributed by atoms with Gasteiger partial charge in [0.2, 0.25) is 11.8 Å². The number of nitrogens with two attached hydrogens (primary N) is 1. The molecule has 0 bridgehead atoms. The van der Waals surface area contributed by atoms with E-state index in [9.17, 15) is 4.79 Å². The molecule has 1 amide bonds. The zero-order chi connectivity index (χ0) is 18.6. The van der Waals surface area contributed by atoms with Gasteiger partial charge >= 0.3 is 0 Å². The van der Waals surface area contributed by atoms with Gasteiger partial charge in [-0.3, -0.25) is 9.69 Å². The Labute approximate surface area is 156 Å². The zero-order valence-corrected chi connectivity index (χ0v) is 16.2. The Hall–Kier alpha value is -1.47. The molecule has 0 saturated heterocycles. The van der Waals surface area contributed by atoms with Crippen molar-refractivity contribution in [2.75, 3.05) is 13.1 Å². The number of carbonyl (C=O) groups excluding carboxylic acids is 1. The van der Waals surface area contributed by atoms with Crippen LogP contribution in [0.25, 0.3) is 0 Å². The highest BCUT2D eigenvalue weighted by Gasteiger charge is 2.42. The predicted molar refractivity (Wildman–Crippen MR) is 99.1 cm³/mol. The number of nitrogens with one attached hydrogen (secondary N) is 1. The molecule has 0 spiro atoms. The molecule has 1 heterocycles. The summed E-state index contributed by atoms with van der Waals surface area (Å²) < 4.78 is 5.49. The molecule has 3 N–H and O–H groups in total. The van der Waals surface area contributed by atoms with Crippen molar-refractivity contribution in [1.29, 1.82) is 0 Å². The highest BCUT2D eigenvalue weighted by molar-refractivity contribution is 5.77. The molecule has 2 aliphatic carbocycles. The van der Waals surface area contributed by atoms with Crippen LogP contribution in [-0.4, -0.2) is 40.1 Å². The molecule has 2 aliphatic rings. The van der Waals surface area contributed by atoms with Gasteiger partial charge in [-0.1, -0.05) is 38.3 Å². The van der Waals surface area contributed by atoms with E-state index in [1.807, 2.05) is 0 Å². The molecule has 146 valence electrons. The Kier molecular flexibility index (Phi) is 6.29. The van der Waals surface area contributed by atoms with Crippen molar-refractivity contribution < 1.29 is 9.32 Å². The summed E-state index contributed by atoms with van der Waals surface area (Å²) >= 11 is 0. The number of hydrogen-bond donors (Lipinski definition) is 2. The van der Waals surface area contributed by atoms with Gasteiger partial charge in [-0.25, -0.2) is 0 Å². The second kappa shape index (κ2) is 8.48. The molecule has 0 aliphatic heterocycles. The molecule has 26 heavy (non-hydrogen) atoms. The molecule has 7 nitrogen and oxygen atoms in total. The number of hydrogen-bond acceptors (Lipinski definition) is 6. The maximum atomic E-state index is 12.7. The largest absolute Gasteiger partial charge is 0.343 e. The third-order valence-corrected chi connectivity index (χ3v) is 6.15. The highest BCUT2D eigenvalue weighted by atomic mass is 16.5. The van der Waals surface area contributed by atoms with Crippen molar-refractivity contribution in [2.24, 2.45) is 11.7 Å². The van der Waals surface area contributed by atoms with Crippen molar-refractivity contribution in [2.45, 2.75) is 83.3 Å². The van der Waals surface area contributed by atoms with Gasteiger partial charge < -0.3 is 15.6 Å². The van der Waals surface area contributed by atoms with Crippen LogP contribution in [0.2, 0.25) is 0 Å². The topological polar surface area (TPSA) is 97.3 Å². The average Bonchev–Trinajstić information content (AvgIpc) is 3.36. The lowest BCUT2D eigenvalue weighted by molar-refractivity contribution is -0.124. The van der Waals surface area contributed by atoms with Crippen LogP contribution in [0.4, 0.5) is 0 Å². The smallest absolute Gasteiger partial charge is 0.240 e. The minimum atomic E-state index is -0.467. The summed E-state index contributed by atoms with van der Waals surface area (Å²) in [6.45, 7) is 6.77. The van der Waals surface area contributed by atoms with Gasteiger partial charge in [0.25, 0.3) is 0 Å². The molecule has 0 radical (unpaired) electrons. The van der Waals surface area contributed by atoms with Gasteiger partial charge in [0.05, 0.1) is 6.54 Å². The van der Waals surface area contributed by atoms with Crippen molar-refractivity contribution >= 4 is 5.91 Å². The molecule has 1 aromatic rings. The summed E-state index contributed by atoms with van der Waals surface area (Å²) in [5.41, 5.74) is 5.66. The lowest BCUT2D eigenvalue weighted by Crippen LogP contribution is -2.45. The first kappa shape index (κ1) is 19.3. The summed E-state index contributed by atoms with van der Waals surface area (Å²) in [5, 5.41) is 7.50. The van der Waals surface area contributed by atoms with Gasteiger partial charge in [-0.05, 0) is 44.7 Å². The van der Waals surface area contributed by atoms with Crippen LogP contribution >= 0.6 is 0 Å². The minimum Gasteiger partial charge on any atom is -0.343 e. The van der Waals surface area contributed by atoms with E-state index >= 15 is 0 Å². The number of aromatic nitrogens is 2. The van der Waals surface area contributed by atoms with Crippen LogP contribution in [0.15, 0.2) is 4.52 Å². The quantitative estimate of drug-likeness (QED) is 0.736. The monoisotopic (exact) mass is 363 g/mol. The molecular formula is C19H33N5O2. The van der Waals surface area contributed by atoms with E-state index < -0.39 is 5.54 Å². The molecule has 2 fully saturated rings.